The molecule has 0 spiro atoms. The minimum atomic E-state index is -0.956. The van der Waals surface area contributed by atoms with Crippen LogP contribution in [0, 0.1) is 10.1 Å². The normalized spacial score (nSPS) is 18.2. The second kappa shape index (κ2) is 7.28. The highest BCUT2D eigenvalue weighted by atomic mass is 32.1. The van der Waals surface area contributed by atoms with Crippen LogP contribution < -0.4 is 4.90 Å². The summed E-state index contributed by atoms with van der Waals surface area (Å²) >= 11 is 1.17. The summed E-state index contributed by atoms with van der Waals surface area (Å²) in [7, 11) is 0. The van der Waals surface area contributed by atoms with Gasteiger partial charge in [0.05, 0.1) is 16.5 Å². The van der Waals surface area contributed by atoms with Gasteiger partial charge in [-0.2, -0.15) is 0 Å². The molecule has 1 aliphatic rings. The maximum atomic E-state index is 12.8. The van der Waals surface area contributed by atoms with Crippen molar-refractivity contribution in [2.75, 3.05) is 4.90 Å². The predicted octanol–water partition coefficient (Wildman–Crippen LogP) is 3.68. The van der Waals surface area contributed by atoms with E-state index in [1.54, 1.807) is 35.7 Å². The number of carbonyl (C=O) groups is 2. The van der Waals surface area contributed by atoms with Crippen molar-refractivity contribution in [2.45, 2.75) is 6.04 Å². The summed E-state index contributed by atoms with van der Waals surface area (Å²) in [6.45, 7) is 0. The number of benzene rings is 2. The molecule has 1 aromatic heterocycles. The summed E-state index contributed by atoms with van der Waals surface area (Å²) in [5.74, 6) is -1.97. The first-order valence-electron chi connectivity index (χ1n) is 8.49. The summed E-state index contributed by atoms with van der Waals surface area (Å²) in [5, 5.41) is 23.8. The van der Waals surface area contributed by atoms with E-state index in [2.05, 4.69) is 4.98 Å². The van der Waals surface area contributed by atoms with Gasteiger partial charge in [-0.1, -0.05) is 30.3 Å². The van der Waals surface area contributed by atoms with Gasteiger partial charge in [0.1, 0.15) is 5.76 Å². The number of hydrogen-bond donors (Lipinski definition) is 1. The number of aromatic nitrogens is 1. The lowest BCUT2D eigenvalue weighted by Gasteiger charge is -2.22. The van der Waals surface area contributed by atoms with Crippen molar-refractivity contribution in [1.82, 2.24) is 4.98 Å². The average molecular weight is 407 g/mol. The Kier molecular flexibility index (Phi) is 4.65. The number of non-ortho nitro benzene ring substituents is 1. The number of nitro benzene ring substituents is 1. The molecular formula is C20H13N3O5S. The third-order valence-corrected chi connectivity index (χ3v) is 5.31. The van der Waals surface area contributed by atoms with Crippen molar-refractivity contribution in [3.05, 3.63) is 93.0 Å². The zero-order valence-electron chi connectivity index (χ0n) is 14.8. The van der Waals surface area contributed by atoms with Gasteiger partial charge in [-0.3, -0.25) is 24.6 Å². The fourth-order valence-corrected chi connectivity index (χ4v) is 3.88. The van der Waals surface area contributed by atoms with Gasteiger partial charge in [-0.25, -0.2) is 4.98 Å². The first-order chi connectivity index (χ1) is 14.0. The van der Waals surface area contributed by atoms with Crippen LogP contribution in [0.2, 0.25) is 0 Å². The molecule has 0 aliphatic carbocycles. The second-order valence-corrected chi connectivity index (χ2v) is 7.07. The average Bonchev–Trinajstić information content (AvgIpc) is 3.35. The molecule has 9 heteroatoms. The third-order valence-electron chi connectivity index (χ3n) is 4.54. The highest BCUT2D eigenvalue weighted by Gasteiger charge is 2.48. The molecule has 1 fully saturated rings. The van der Waals surface area contributed by atoms with Crippen LogP contribution >= 0.6 is 11.3 Å². The number of aliphatic hydroxyl groups excluding tert-OH is 1. The summed E-state index contributed by atoms with van der Waals surface area (Å²) < 4.78 is 0. The summed E-state index contributed by atoms with van der Waals surface area (Å²) in [6.07, 6.45) is 1.50. The zero-order chi connectivity index (χ0) is 20.5. The molecule has 0 radical (unpaired) electrons. The molecule has 3 aromatic rings. The Morgan fingerprint density at radius 2 is 1.79 bits per heavy atom. The van der Waals surface area contributed by atoms with E-state index in [1.165, 1.54) is 46.7 Å². The fraction of sp³-hybridized carbons (Fsp3) is 0.0500. The zero-order valence-corrected chi connectivity index (χ0v) is 15.6. The molecule has 144 valence electrons. The lowest BCUT2D eigenvalue weighted by molar-refractivity contribution is -0.384. The molecule has 2 heterocycles. The van der Waals surface area contributed by atoms with Crippen molar-refractivity contribution in [1.29, 1.82) is 0 Å². The summed E-state index contributed by atoms with van der Waals surface area (Å²) in [5.41, 5.74) is 0.618. The van der Waals surface area contributed by atoms with Crippen LogP contribution in [0.3, 0.4) is 0 Å². The SMILES string of the molecule is O=C1C(=O)N(c2nccs2)[C@H](c2ccc([N+](=O)[O-])cc2)/C1=C(\O)c1ccccc1. The number of nitrogens with zero attached hydrogens (tertiary/aromatic N) is 3. The van der Waals surface area contributed by atoms with Crippen LogP contribution in [0.25, 0.3) is 5.76 Å². The highest BCUT2D eigenvalue weighted by Crippen LogP contribution is 2.42. The van der Waals surface area contributed by atoms with Crippen LogP contribution in [0.5, 0.6) is 0 Å². The molecule has 0 saturated carbocycles. The number of rotatable bonds is 4. The molecule has 1 saturated heterocycles. The van der Waals surface area contributed by atoms with E-state index in [4.69, 9.17) is 0 Å². The quantitative estimate of drug-likeness (QED) is 0.232. The minimum absolute atomic E-state index is 0.0924. The fourth-order valence-electron chi connectivity index (χ4n) is 3.21. The van der Waals surface area contributed by atoms with E-state index in [9.17, 15) is 24.8 Å². The van der Waals surface area contributed by atoms with Crippen LogP contribution in [0.4, 0.5) is 10.8 Å². The van der Waals surface area contributed by atoms with Crippen molar-refractivity contribution >= 4 is 39.6 Å². The summed E-state index contributed by atoms with van der Waals surface area (Å²) in [6, 6.07) is 13.0. The number of anilines is 1. The number of nitro groups is 1. The number of ketones is 1. The maximum absolute atomic E-state index is 12.8. The first-order valence-corrected chi connectivity index (χ1v) is 9.37. The minimum Gasteiger partial charge on any atom is -0.507 e. The number of amides is 1. The van der Waals surface area contributed by atoms with Gasteiger partial charge >= 0.3 is 5.91 Å². The smallest absolute Gasteiger partial charge is 0.301 e. The van der Waals surface area contributed by atoms with Crippen molar-refractivity contribution in [2.24, 2.45) is 0 Å². The van der Waals surface area contributed by atoms with Crippen molar-refractivity contribution < 1.29 is 19.6 Å². The number of carbonyl (C=O) groups excluding carboxylic acids is 2. The number of hydrogen-bond acceptors (Lipinski definition) is 7. The number of thiazole rings is 1. The first kappa shape index (κ1) is 18.5. The molecule has 1 aliphatic heterocycles. The highest BCUT2D eigenvalue weighted by molar-refractivity contribution is 7.14. The molecule has 1 amide bonds. The van der Waals surface area contributed by atoms with E-state index >= 15 is 0 Å². The second-order valence-electron chi connectivity index (χ2n) is 6.20. The summed E-state index contributed by atoms with van der Waals surface area (Å²) in [4.78, 5) is 41.4. The van der Waals surface area contributed by atoms with Gasteiger partial charge < -0.3 is 5.11 Å². The lowest BCUT2D eigenvalue weighted by atomic mass is 9.95. The monoisotopic (exact) mass is 407 g/mol. The van der Waals surface area contributed by atoms with Gasteiger partial charge in [0.15, 0.2) is 5.13 Å². The molecular weight excluding hydrogens is 394 g/mol. The van der Waals surface area contributed by atoms with E-state index in [0.717, 1.165) is 0 Å². The molecule has 0 bridgehead atoms. The predicted molar refractivity (Wildman–Crippen MR) is 106 cm³/mol. The Morgan fingerprint density at radius 3 is 2.38 bits per heavy atom. The standard InChI is InChI=1S/C20H13N3O5S/c24-17(13-4-2-1-3-5-13)15-16(12-6-8-14(9-7-12)23(27)28)22(19(26)18(15)25)20-21-10-11-29-20/h1-11,16,24H/b17-15+/t16-/m1/s1. The molecule has 4 rings (SSSR count). The maximum Gasteiger partial charge on any atom is 0.301 e. The van der Waals surface area contributed by atoms with Crippen molar-refractivity contribution in [3.63, 3.8) is 0 Å². The molecule has 0 unspecified atom stereocenters. The number of aliphatic hydroxyl groups is 1. The Hall–Kier alpha value is -3.85. The van der Waals surface area contributed by atoms with E-state index < -0.39 is 22.7 Å². The molecule has 1 N–H and O–H groups in total. The van der Waals surface area contributed by atoms with E-state index in [0.29, 0.717) is 16.3 Å². The van der Waals surface area contributed by atoms with Gasteiger partial charge in [-0.15, -0.1) is 11.3 Å². The molecule has 1 atom stereocenters. The van der Waals surface area contributed by atoms with Gasteiger partial charge in [-0.05, 0) is 17.7 Å². The van der Waals surface area contributed by atoms with Crippen molar-refractivity contribution in [3.8, 4) is 0 Å². The van der Waals surface area contributed by atoms with Crippen LogP contribution in [-0.2, 0) is 9.59 Å². The van der Waals surface area contributed by atoms with Crippen LogP contribution in [0.15, 0.2) is 71.7 Å². The lowest BCUT2D eigenvalue weighted by Crippen LogP contribution is -2.29. The third kappa shape index (κ3) is 3.17. The van der Waals surface area contributed by atoms with E-state index in [1.807, 2.05) is 0 Å². The van der Waals surface area contributed by atoms with Gasteiger partial charge in [0.2, 0.25) is 0 Å². The Labute approximate surface area is 168 Å². The number of Topliss-reactive ketones (excluding diaryl/α,β-unsaturated/α-hetero) is 1. The molecule has 29 heavy (non-hydrogen) atoms. The Bertz CT molecular complexity index is 1120. The van der Waals surface area contributed by atoms with Crippen LogP contribution in [-0.4, -0.2) is 26.7 Å². The Balaban J connectivity index is 1.92. The van der Waals surface area contributed by atoms with Gasteiger partial charge in [0, 0.05) is 29.3 Å². The topological polar surface area (TPSA) is 114 Å². The van der Waals surface area contributed by atoms with Crippen LogP contribution in [0.1, 0.15) is 17.2 Å². The largest absolute Gasteiger partial charge is 0.507 e. The van der Waals surface area contributed by atoms with Gasteiger partial charge in [0.25, 0.3) is 11.5 Å². The molecule has 8 nitrogen and oxygen atoms in total. The molecule has 2 aromatic carbocycles. The van der Waals surface area contributed by atoms with E-state index in [-0.39, 0.29) is 17.0 Å². The Morgan fingerprint density at radius 1 is 1.10 bits per heavy atom.